The van der Waals surface area contributed by atoms with Crippen LogP contribution in [0.25, 0.3) is 0 Å². The predicted octanol–water partition coefficient (Wildman–Crippen LogP) is 4.02. The van der Waals surface area contributed by atoms with E-state index in [1.54, 1.807) is 11.6 Å². The van der Waals surface area contributed by atoms with E-state index < -0.39 is 17.5 Å². The number of anilines is 1. The van der Waals surface area contributed by atoms with Gasteiger partial charge in [0.05, 0.1) is 11.4 Å². The largest absolute Gasteiger partial charge is 0.485 e. The Hall–Kier alpha value is -2.94. The van der Waals surface area contributed by atoms with Crippen molar-refractivity contribution in [1.82, 2.24) is 14.8 Å². The number of carbonyl (C=O) groups excluding carboxylic acids is 1. The molecule has 152 valence electrons. The SMILES string of the molecule is Cc1ccc(OCc2nnc(SCC(=O)Nc3ccc(F)cc3F)n2C)c(C)c1. The van der Waals surface area contributed by atoms with Crippen molar-refractivity contribution in [3.8, 4) is 5.75 Å². The Balaban J connectivity index is 1.55. The summed E-state index contributed by atoms with van der Waals surface area (Å²) in [6.45, 7) is 4.23. The summed E-state index contributed by atoms with van der Waals surface area (Å²) in [5.74, 6) is -0.583. The van der Waals surface area contributed by atoms with E-state index in [-0.39, 0.29) is 18.0 Å². The highest BCUT2D eigenvalue weighted by Gasteiger charge is 2.14. The Labute approximate surface area is 171 Å². The number of thioether (sulfide) groups is 1. The van der Waals surface area contributed by atoms with Gasteiger partial charge in [0.2, 0.25) is 5.91 Å². The molecule has 0 aliphatic rings. The molecule has 9 heteroatoms. The molecule has 0 radical (unpaired) electrons. The molecule has 0 atom stereocenters. The molecule has 3 rings (SSSR count). The first-order valence-electron chi connectivity index (χ1n) is 8.79. The average molecular weight is 418 g/mol. The zero-order valence-electron chi connectivity index (χ0n) is 16.2. The maximum atomic E-state index is 13.6. The van der Waals surface area contributed by atoms with Crippen LogP contribution in [0.1, 0.15) is 17.0 Å². The van der Waals surface area contributed by atoms with Crippen molar-refractivity contribution in [2.24, 2.45) is 7.05 Å². The van der Waals surface area contributed by atoms with Gasteiger partial charge in [-0.25, -0.2) is 8.78 Å². The Morgan fingerprint density at radius 3 is 2.69 bits per heavy atom. The highest BCUT2D eigenvalue weighted by molar-refractivity contribution is 7.99. The van der Waals surface area contributed by atoms with Crippen LogP contribution in [0.15, 0.2) is 41.6 Å². The standard InChI is InChI=1S/C20H20F2N4O2S/c1-12-4-7-17(13(2)8-12)28-10-18-24-25-20(26(18)3)29-11-19(27)23-16-6-5-14(21)9-15(16)22/h4-9H,10-11H2,1-3H3,(H,23,27). The van der Waals surface area contributed by atoms with Crippen LogP contribution >= 0.6 is 11.8 Å². The number of hydrogen-bond acceptors (Lipinski definition) is 5. The lowest BCUT2D eigenvalue weighted by Gasteiger charge is -2.09. The highest BCUT2D eigenvalue weighted by atomic mass is 32.2. The molecule has 1 N–H and O–H groups in total. The number of rotatable bonds is 7. The third-order valence-corrected chi connectivity index (χ3v) is 5.17. The number of aryl methyl sites for hydroxylation is 2. The van der Waals surface area contributed by atoms with Crippen LogP contribution < -0.4 is 10.1 Å². The molecule has 1 aromatic heterocycles. The lowest BCUT2D eigenvalue weighted by Crippen LogP contribution is -2.15. The number of nitrogens with one attached hydrogen (secondary N) is 1. The second-order valence-electron chi connectivity index (χ2n) is 6.48. The van der Waals surface area contributed by atoms with E-state index in [2.05, 4.69) is 15.5 Å². The lowest BCUT2D eigenvalue weighted by molar-refractivity contribution is -0.113. The third-order valence-electron chi connectivity index (χ3n) is 4.15. The topological polar surface area (TPSA) is 69.0 Å². The summed E-state index contributed by atoms with van der Waals surface area (Å²) in [4.78, 5) is 12.0. The second kappa shape index (κ2) is 9.04. The Morgan fingerprint density at radius 1 is 1.17 bits per heavy atom. The number of carbonyl (C=O) groups is 1. The number of halogens is 2. The van der Waals surface area contributed by atoms with E-state index in [9.17, 15) is 13.6 Å². The summed E-state index contributed by atoms with van der Waals surface area (Å²) < 4.78 is 34.1. The quantitative estimate of drug-likeness (QED) is 0.587. The second-order valence-corrected chi connectivity index (χ2v) is 7.42. The fourth-order valence-electron chi connectivity index (χ4n) is 2.61. The molecule has 2 aromatic carbocycles. The summed E-state index contributed by atoms with van der Waals surface area (Å²) in [5.41, 5.74) is 2.12. The van der Waals surface area contributed by atoms with Crippen molar-refractivity contribution >= 4 is 23.4 Å². The van der Waals surface area contributed by atoms with Gasteiger partial charge in [-0.3, -0.25) is 4.79 Å². The molecule has 0 bridgehead atoms. The van der Waals surface area contributed by atoms with Gasteiger partial charge in [-0.05, 0) is 37.6 Å². The van der Waals surface area contributed by atoms with E-state index in [0.717, 1.165) is 34.7 Å². The average Bonchev–Trinajstić information content (AvgIpc) is 3.01. The molecule has 0 saturated carbocycles. The van der Waals surface area contributed by atoms with Crippen LogP contribution in [0.5, 0.6) is 5.75 Å². The summed E-state index contributed by atoms with van der Waals surface area (Å²) in [5, 5.41) is 11.1. The van der Waals surface area contributed by atoms with Gasteiger partial charge < -0.3 is 14.6 Å². The van der Waals surface area contributed by atoms with Crippen molar-refractivity contribution in [2.75, 3.05) is 11.1 Å². The third kappa shape index (κ3) is 5.32. The molecule has 0 fully saturated rings. The van der Waals surface area contributed by atoms with Crippen LogP contribution in [0, 0.1) is 25.5 Å². The van der Waals surface area contributed by atoms with Crippen LogP contribution in [-0.4, -0.2) is 26.4 Å². The molecule has 3 aromatic rings. The molecular weight excluding hydrogens is 398 g/mol. The minimum atomic E-state index is -0.826. The molecule has 29 heavy (non-hydrogen) atoms. The molecule has 1 heterocycles. The van der Waals surface area contributed by atoms with Crippen molar-refractivity contribution in [3.63, 3.8) is 0 Å². The Bertz CT molecular complexity index is 1040. The van der Waals surface area contributed by atoms with Crippen LogP contribution in [0.2, 0.25) is 0 Å². The molecule has 6 nitrogen and oxygen atoms in total. The fraction of sp³-hybridized carbons (Fsp3) is 0.250. The van der Waals surface area contributed by atoms with Crippen molar-refractivity contribution in [1.29, 1.82) is 0 Å². The maximum Gasteiger partial charge on any atom is 0.234 e. The first-order chi connectivity index (χ1) is 13.8. The first-order valence-corrected chi connectivity index (χ1v) is 9.78. The summed E-state index contributed by atoms with van der Waals surface area (Å²) in [7, 11) is 1.78. The van der Waals surface area contributed by atoms with E-state index in [1.807, 2.05) is 32.0 Å². The van der Waals surface area contributed by atoms with Gasteiger partial charge in [0, 0.05) is 13.1 Å². The highest BCUT2D eigenvalue weighted by Crippen LogP contribution is 2.21. The normalized spacial score (nSPS) is 10.8. The van der Waals surface area contributed by atoms with Crippen molar-refractivity contribution < 1.29 is 18.3 Å². The number of amides is 1. The molecule has 0 aliphatic carbocycles. The Kier molecular flexibility index (Phi) is 6.48. The number of nitrogens with zero attached hydrogens (tertiary/aromatic N) is 3. The van der Waals surface area contributed by atoms with Crippen molar-refractivity contribution in [3.05, 3.63) is 65.0 Å². The van der Waals surface area contributed by atoms with E-state index in [0.29, 0.717) is 17.0 Å². The predicted molar refractivity (Wildman–Crippen MR) is 107 cm³/mol. The lowest BCUT2D eigenvalue weighted by atomic mass is 10.1. The maximum absolute atomic E-state index is 13.6. The van der Waals surface area contributed by atoms with Crippen LogP contribution in [0.4, 0.5) is 14.5 Å². The number of hydrogen-bond donors (Lipinski definition) is 1. The zero-order chi connectivity index (χ0) is 21.0. The van der Waals surface area contributed by atoms with Gasteiger partial charge in [0.25, 0.3) is 0 Å². The number of ether oxygens (including phenoxy) is 1. The zero-order valence-corrected chi connectivity index (χ0v) is 17.0. The van der Waals surface area contributed by atoms with Gasteiger partial charge in [-0.2, -0.15) is 0 Å². The molecule has 0 aliphatic heterocycles. The van der Waals surface area contributed by atoms with E-state index in [4.69, 9.17) is 4.74 Å². The fourth-order valence-corrected chi connectivity index (χ4v) is 3.34. The Morgan fingerprint density at radius 2 is 1.97 bits per heavy atom. The van der Waals surface area contributed by atoms with E-state index in [1.165, 1.54) is 6.07 Å². The van der Waals surface area contributed by atoms with Crippen LogP contribution in [-0.2, 0) is 18.4 Å². The van der Waals surface area contributed by atoms with Gasteiger partial charge in [0.1, 0.15) is 24.0 Å². The minimum absolute atomic E-state index is 0.000711. The summed E-state index contributed by atoms with van der Waals surface area (Å²) in [6, 6.07) is 8.90. The van der Waals surface area contributed by atoms with Crippen LogP contribution in [0.3, 0.4) is 0 Å². The van der Waals surface area contributed by atoms with Gasteiger partial charge in [-0.1, -0.05) is 29.5 Å². The molecule has 0 spiro atoms. The van der Waals surface area contributed by atoms with Crippen molar-refractivity contribution in [2.45, 2.75) is 25.6 Å². The first kappa shape index (κ1) is 20.8. The molecular formula is C20H20F2N4O2S. The summed E-state index contributed by atoms with van der Waals surface area (Å²) in [6.07, 6.45) is 0. The van der Waals surface area contributed by atoms with Gasteiger partial charge in [0.15, 0.2) is 11.0 Å². The van der Waals surface area contributed by atoms with Gasteiger partial charge >= 0.3 is 0 Å². The van der Waals surface area contributed by atoms with Gasteiger partial charge in [-0.15, -0.1) is 10.2 Å². The molecule has 0 saturated heterocycles. The smallest absolute Gasteiger partial charge is 0.234 e. The molecule has 0 unspecified atom stereocenters. The molecule has 1 amide bonds. The number of aromatic nitrogens is 3. The number of benzene rings is 2. The minimum Gasteiger partial charge on any atom is -0.485 e. The summed E-state index contributed by atoms with van der Waals surface area (Å²) >= 11 is 1.16. The monoisotopic (exact) mass is 418 g/mol. The van der Waals surface area contributed by atoms with E-state index >= 15 is 0 Å².